The zero-order valence-electron chi connectivity index (χ0n) is 35.8. The van der Waals surface area contributed by atoms with Gasteiger partial charge in [-0.05, 0) is 117 Å². The summed E-state index contributed by atoms with van der Waals surface area (Å²) in [5.41, 5.74) is 11.2. The molecule has 0 amide bonds. The highest BCUT2D eigenvalue weighted by atomic mass is 16.5. The Morgan fingerprint density at radius 2 is 0.900 bits per heavy atom. The van der Waals surface area contributed by atoms with Crippen LogP contribution in [0.25, 0.3) is 66.1 Å². The van der Waals surface area contributed by atoms with Crippen molar-refractivity contribution in [2.45, 2.75) is 66.2 Å². The van der Waals surface area contributed by atoms with E-state index in [9.17, 15) is 10.2 Å². The van der Waals surface area contributed by atoms with E-state index < -0.39 is 0 Å². The van der Waals surface area contributed by atoms with E-state index in [2.05, 4.69) is 146 Å². The monoisotopic (exact) mass is 790 g/mol. The fraction of sp³-hybridized carbons (Fsp3) is 0.214. The van der Waals surface area contributed by atoms with Gasteiger partial charge in [-0.25, -0.2) is 0 Å². The van der Waals surface area contributed by atoms with Gasteiger partial charge in [0.1, 0.15) is 23.0 Å². The summed E-state index contributed by atoms with van der Waals surface area (Å²) in [5, 5.41) is 28.8. The standard InChI is InChI=1S/C56H54O4/c1-35(2)40-31-46(54(57)48(32-40)52-36(3)25-27-38-17-8-10-19-42(38)52)44-21-12-14-23-50(44)59-29-16-30-60-51-24-15-13-22-45(51)47-33-41(56(5,6)7)34-49(55(47)58)53-37(4)26-28-39-18-9-11-20-43(39)53/h8-15,17-28,31-35,57-58H,16,29-30H2,1-7H3. The molecule has 0 heterocycles. The van der Waals surface area contributed by atoms with Crippen LogP contribution in [0.4, 0.5) is 0 Å². The summed E-state index contributed by atoms with van der Waals surface area (Å²) in [6, 6.07) is 49.7. The maximum atomic E-state index is 12.2. The van der Waals surface area contributed by atoms with Crippen LogP contribution < -0.4 is 9.47 Å². The predicted molar refractivity (Wildman–Crippen MR) is 251 cm³/mol. The normalized spacial score (nSPS) is 11.7. The number of aryl methyl sites for hydroxylation is 2. The van der Waals surface area contributed by atoms with Crippen molar-refractivity contribution in [2.75, 3.05) is 13.2 Å². The number of aromatic hydroxyl groups is 2. The molecule has 4 nitrogen and oxygen atoms in total. The molecule has 0 spiro atoms. The Morgan fingerprint density at radius 1 is 0.483 bits per heavy atom. The molecule has 0 aliphatic heterocycles. The second-order valence-corrected chi connectivity index (χ2v) is 17.3. The lowest BCUT2D eigenvalue weighted by atomic mass is 9.81. The van der Waals surface area contributed by atoms with Crippen molar-refractivity contribution in [2.24, 2.45) is 0 Å². The summed E-state index contributed by atoms with van der Waals surface area (Å²) in [4.78, 5) is 0. The molecule has 0 fully saturated rings. The SMILES string of the molecule is Cc1ccc2ccccc2c1-c1cc(C(C)C)cc(-c2ccccc2OCCCOc2ccccc2-c2cc(C(C)(C)C)cc(-c3c(C)ccc4ccccc34)c2O)c1O. The third kappa shape index (κ3) is 7.82. The molecule has 0 aliphatic carbocycles. The van der Waals surface area contributed by atoms with Gasteiger partial charge in [0.2, 0.25) is 0 Å². The van der Waals surface area contributed by atoms with Gasteiger partial charge < -0.3 is 19.7 Å². The predicted octanol–water partition coefficient (Wildman–Crippen LogP) is 15.0. The highest BCUT2D eigenvalue weighted by Gasteiger charge is 2.24. The quantitative estimate of drug-likeness (QED) is 0.128. The van der Waals surface area contributed by atoms with Gasteiger partial charge >= 0.3 is 0 Å². The first kappa shape index (κ1) is 40.3. The van der Waals surface area contributed by atoms with E-state index in [1.807, 2.05) is 48.5 Å². The Morgan fingerprint density at radius 3 is 1.40 bits per heavy atom. The van der Waals surface area contributed by atoms with Gasteiger partial charge in [0.05, 0.1) is 13.2 Å². The van der Waals surface area contributed by atoms with Gasteiger partial charge in [0.15, 0.2) is 0 Å². The Bertz CT molecular complexity index is 2860. The van der Waals surface area contributed by atoms with E-state index in [0.717, 1.165) is 88.3 Å². The Balaban J connectivity index is 1.06. The molecule has 0 saturated carbocycles. The molecule has 60 heavy (non-hydrogen) atoms. The number of phenolic OH excluding ortho intramolecular Hbond substituents is 2. The van der Waals surface area contributed by atoms with Gasteiger partial charge in [0.25, 0.3) is 0 Å². The average molecular weight is 791 g/mol. The van der Waals surface area contributed by atoms with Crippen LogP contribution in [-0.2, 0) is 5.41 Å². The van der Waals surface area contributed by atoms with Crippen LogP contribution in [0.1, 0.15) is 69.2 Å². The molecule has 0 radical (unpaired) electrons. The lowest BCUT2D eigenvalue weighted by molar-refractivity contribution is 0.248. The first-order valence-electron chi connectivity index (χ1n) is 21.1. The van der Waals surface area contributed by atoms with Crippen molar-refractivity contribution in [3.05, 3.63) is 168 Å². The van der Waals surface area contributed by atoms with Crippen molar-refractivity contribution >= 4 is 21.5 Å². The summed E-state index contributed by atoms with van der Waals surface area (Å²) in [7, 11) is 0. The number of fused-ring (bicyclic) bond motifs is 2. The fourth-order valence-electron chi connectivity index (χ4n) is 8.38. The number of para-hydroxylation sites is 2. The summed E-state index contributed by atoms with van der Waals surface area (Å²) in [5.74, 6) is 2.13. The summed E-state index contributed by atoms with van der Waals surface area (Å²) in [6.45, 7) is 16.0. The highest BCUT2D eigenvalue weighted by Crippen LogP contribution is 2.48. The van der Waals surface area contributed by atoms with E-state index in [4.69, 9.17) is 9.47 Å². The first-order chi connectivity index (χ1) is 28.9. The molecule has 4 heteroatoms. The van der Waals surface area contributed by atoms with Crippen LogP contribution in [0, 0.1) is 13.8 Å². The average Bonchev–Trinajstić information content (AvgIpc) is 3.24. The molecule has 8 aromatic carbocycles. The zero-order chi connectivity index (χ0) is 42.1. The van der Waals surface area contributed by atoms with E-state index in [-0.39, 0.29) is 22.8 Å². The van der Waals surface area contributed by atoms with Gasteiger partial charge in [-0.15, -0.1) is 0 Å². The minimum Gasteiger partial charge on any atom is -0.507 e. The fourth-order valence-corrected chi connectivity index (χ4v) is 8.38. The zero-order valence-corrected chi connectivity index (χ0v) is 35.8. The van der Waals surface area contributed by atoms with Crippen LogP contribution in [0.5, 0.6) is 23.0 Å². The second-order valence-electron chi connectivity index (χ2n) is 17.3. The molecular weight excluding hydrogens is 737 g/mol. The number of ether oxygens (including phenoxy) is 2. The summed E-state index contributed by atoms with van der Waals surface area (Å²) < 4.78 is 13.0. The molecule has 0 saturated heterocycles. The lowest BCUT2D eigenvalue weighted by Gasteiger charge is -2.24. The van der Waals surface area contributed by atoms with Gasteiger partial charge in [-0.2, -0.15) is 0 Å². The minimum atomic E-state index is -0.164. The van der Waals surface area contributed by atoms with Crippen molar-refractivity contribution in [1.82, 2.24) is 0 Å². The molecule has 0 bridgehead atoms. The number of benzene rings is 8. The molecule has 8 aromatic rings. The van der Waals surface area contributed by atoms with E-state index >= 15 is 0 Å². The number of rotatable bonds is 11. The van der Waals surface area contributed by atoms with E-state index in [0.29, 0.717) is 31.1 Å². The van der Waals surface area contributed by atoms with Gasteiger partial charge in [0, 0.05) is 39.8 Å². The van der Waals surface area contributed by atoms with Crippen molar-refractivity contribution in [3.8, 4) is 67.5 Å². The maximum absolute atomic E-state index is 12.2. The number of phenols is 2. The van der Waals surface area contributed by atoms with Crippen molar-refractivity contribution in [3.63, 3.8) is 0 Å². The number of hydrogen-bond donors (Lipinski definition) is 2. The topological polar surface area (TPSA) is 58.9 Å². The third-order valence-electron chi connectivity index (χ3n) is 11.7. The maximum Gasteiger partial charge on any atom is 0.131 e. The van der Waals surface area contributed by atoms with Crippen LogP contribution in [0.2, 0.25) is 0 Å². The smallest absolute Gasteiger partial charge is 0.131 e. The van der Waals surface area contributed by atoms with Crippen LogP contribution in [-0.4, -0.2) is 23.4 Å². The number of hydrogen-bond acceptors (Lipinski definition) is 4. The van der Waals surface area contributed by atoms with Crippen LogP contribution >= 0.6 is 0 Å². The molecular formula is C56H54O4. The van der Waals surface area contributed by atoms with Gasteiger partial charge in [-0.3, -0.25) is 0 Å². The van der Waals surface area contributed by atoms with Crippen molar-refractivity contribution in [1.29, 1.82) is 0 Å². The Labute approximate surface area is 354 Å². The molecule has 0 aliphatic rings. The lowest BCUT2D eigenvalue weighted by Crippen LogP contribution is -2.12. The third-order valence-corrected chi connectivity index (χ3v) is 11.7. The highest BCUT2D eigenvalue weighted by molar-refractivity contribution is 6.02. The molecule has 302 valence electrons. The molecule has 0 aromatic heterocycles. The minimum absolute atomic E-state index is 0.164. The Kier molecular flexibility index (Phi) is 11.2. The van der Waals surface area contributed by atoms with E-state index in [1.54, 1.807) is 0 Å². The summed E-state index contributed by atoms with van der Waals surface area (Å²) >= 11 is 0. The first-order valence-corrected chi connectivity index (χ1v) is 21.1. The van der Waals surface area contributed by atoms with E-state index in [1.165, 1.54) is 0 Å². The van der Waals surface area contributed by atoms with Crippen LogP contribution in [0.15, 0.2) is 146 Å². The second kappa shape index (κ2) is 16.6. The Hall–Kier alpha value is -6.52. The summed E-state index contributed by atoms with van der Waals surface area (Å²) in [6.07, 6.45) is 0.621. The van der Waals surface area contributed by atoms with Crippen molar-refractivity contribution < 1.29 is 19.7 Å². The molecule has 8 rings (SSSR count). The molecule has 2 N–H and O–H groups in total. The molecule has 0 atom stereocenters. The largest absolute Gasteiger partial charge is 0.507 e. The van der Waals surface area contributed by atoms with Crippen LogP contribution in [0.3, 0.4) is 0 Å². The molecule has 0 unspecified atom stereocenters. The van der Waals surface area contributed by atoms with Gasteiger partial charge in [-0.1, -0.05) is 144 Å².